The van der Waals surface area contributed by atoms with Gasteiger partial charge in [0.1, 0.15) is 0 Å². The quantitative estimate of drug-likeness (QED) is 0.805. The molecule has 0 heterocycles. The van der Waals surface area contributed by atoms with E-state index in [1.807, 2.05) is 27.0 Å². The highest BCUT2D eigenvalue weighted by molar-refractivity contribution is 5.44. The van der Waals surface area contributed by atoms with Gasteiger partial charge >= 0.3 is 0 Å². The van der Waals surface area contributed by atoms with Crippen LogP contribution in [0.1, 0.15) is 38.3 Å². The highest BCUT2D eigenvalue weighted by atomic mass is 16.5. The van der Waals surface area contributed by atoms with Crippen LogP contribution in [-0.4, -0.2) is 20.3 Å². The molecule has 0 bridgehead atoms. The molecular formula is C15H23NO2. The van der Waals surface area contributed by atoms with Crippen molar-refractivity contribution in [2.45, 2.75) is 32.7 Å². The Balaban J connectivity index is 2.23. The fourth-order valence-electron chi connectivity index (χ4n) is 2.37. The van der Waals surface area contributed by atoms with Gasteiger partial charge in [-0.15, -0.1) is 0 Å². The maximum absolute atomic E-state index is 5.67. The van der Waals surface area contributed by atoms with E-state index < -0.39 is 0 Å². The summed E-state index contributed by atoms with van der Waals surface area (Å²) >= 11 is 0. The van der Waals surface area contributed by atoms with Crippen molar-refractivity contribution >= 4 is 0 Å². The van der Waals surface area contributed by atoms with Crippen molar-refractivity contribution in [1.82, 2.24) is 5.32 Å². The molecule has 1 aliphatic carbocycles. The van der Waals surface area contributed by atoms with Crippen molar-refractivity contribution in [3.63, 3.8) is 0 Å². The van der Waals surface area contributed by atoms with Crippen LogP contribution in [0.5, 0.6) is 11.5 Å². The number of hydrogen-bond donors (Lipinski definition) is 1. The molecule has 1 aromatic rings. The van der Waals surface area contributed by atoms with Crippen LogP contribution in [-0.2, 0) is 0 Å². The molecule has 18 heavy (non-hydrogen) atoms. The van der Waals surface area contributed by atoms with E-state index in [0.717, 1.165) is 17.4 Å². The maximum atomic E-state index is 5.67. The Labute approximate surface area is 109 Å². The number of hydrogen-bond acceptors (Lipinski definition) is 3. The Morgan fingerprint density at radius 3 is 2.39 bits per heavy atom. The van der Waals surface area contributed by atoms with Crippen molar-refractivity contribution in [1.29, 1.82) is 0 Å². The van der Waals surface area contributed by atoms with Crippen molar-refractivity contribution in [3.05, 3.63) is 23.8 Å². The largest absolute Gasteiger partial charge is 0.490 e. The molecule has 1 atom stereocenters. The average Bonchev–Trinajstić information content (AvgIpc) is 3.18. The van der Waals surface area contributed by atoms with Gasteiger partial charge in [0.2, 0.25) is 0 Å². The first kappa shape index (κ1) is 13.2. The number of benzene rings is 1. The molecule has 2 rings (SSSR count). The summed E-state index contributed by atoms with van der Waals surface area (Å²) in [5.41, 5.74) is 1.30. The molecule has 100 valence electrons. The molecule has 3 heteroatoms. The van der Waals surface area contributed by atoms with E-state index in [9.17, 15) is 0 Å². The summed E-state index contributed by atoms with van der Waals surface area (Å²) in [5, 5.41) is 3.40. The van der Waals surface area contributed by atoms with E-state index in [1.54, 1.807) is 0 Å². The smallest absolute Gasteiger partial charge is 0.161 e. The Morgan fingerprint density at radius 1 is 1.17 bits per heavy atom. The van der Waals surface area contributed by atoms with Gasteiger partial charge in [-0.3, -0.25) is 0 Å². The molecule has 0 spiro atoms. The van der Waals surface area contributed by atoms with E-state index in [-0.39, 0.29) is 0 Å². The molecule has 1 N–H and O–H groups in total. The zero-order chi connectivity index (χ0) is 13.0. The van der Waals surface area contributed by atoms with Gasteiger partial charge in [-0.05, 0) is 57.4 Å². The van der Waals surface area contributed by atoms with Crippen molar-refractivity contribution in [2.75, 3.05) is 20.3 Å². The summed E-state index contributed by atoms with van der Waals surface area (Å²) < 4.78 is 11.3. The van der Waals surface area contributed by atoms with Gasteiger partial charge in [0.25, 0.3) is 0 Å². The SMILES string of the molecule is CCOc1ccc(C(NC)C2CC2)cc1OCC. The van der Waals surface area contributed by atoms with E-state index in [1.165, 1.54) is 18.4 Å². The van der Waals surface area contributed by atoms with Gasteiger partial charge in [-0.25, -0.2) is 0 Å². The van der Waals surface area contributed by atoms with Gasteiger partial charge in [-0.1, -0.05) is 6.07 Å². The Bertz CT molecular complexity index is 388. The molecule has 1 fully saturated rings. The Hall–Kier alpha value is -1.22. The minimum atomic E-state index is 0.444. The summed E-state index contributed by atoms with van der Waals surface area (Å²) in [4.78, 5) is 0. The molecule has 0 aromatic heterocycles. The molecule has 1 aliphatic rings. The molecule has 0 radical (unpaired) electrons. The Kier molecular flexibility index (Phi) is 4.48. The summed E-state index contributed by atoms with van der Waals surface area (Å²) in [6.07, 6.45) is 2.64. The molecule has 0 saturated heterocycles. The van der Waals surface area contributed by atoms with Crippen molar-refractivity contribution < 1.29 is 9.47 Å². The predicted molar refractivity (Wildman–Crippen MR) is 73.3 cm³/mol. The second-order valence-electron chi connectivity index (χ2n) is 4.68. The number of ether oxygens (including phenoxy) is 2. The first-order valence-corrected chi connectivity index (χ1v) is 6.87. The monoisotopic (exact) mass is 249 g/mol. The van der Waals surface area contributed by atoms with Crippen molar-refractivity contribution in [3.8, 4) is 11.5 Å². The normalized spacial score (nSPS) is 16.4. The predicted octanol–water partition coefficient (Wildman–Crippen LogP) is 3.15. The highest BCUT2D eigenvalue weighted by Crippen LogP contribution is 2.42. The van der Waals surface area contributed by atoms with Crippen LogP contribution in [0.3, 0.4) is 0 Å². The standard InChI is InChI=1S/C15H23NO2/c1-4-17-13-9-8-12(10-14(13)18-5-2)15(16-3)11-6-7-11/h8-11,15-16H,4-7H2,1-3H3. The zero-order valence-electron chi connectivity index (χ0n) is 11.5. The minimum Gasteiger partial charge on any atom is -0.490 e. The maximum Gasteiger partial charge on any atom is 0.161 e. The fraction of sp³-hybridized carbons (Fsp3) is 0.600. The molecule has 1 unspecified atom stereocenters. The summed E-state index contributed by atoms with van der Waals surface area (Å²) in [7, 11) is 2.03. The van der Waals surface area contributed by atoms with Crippen LogP contribution >= 0.6 is 0 Å². The van der Waals surface area contributed by atoms with E-state index in [2.05, 4.69) is 17.4 Å². The summed E-state index contributed by atoms with van der Waals surface area (Å²) in [6, 6.07) is 6.73. The van der Waals surface area contributed by atoms with Crippen LogP contribution in [0.15, 0.2) is 18.2 Å². The topological polar surface area (TPSA) is 30.5 Å². The summed E-state index contributed by atoms with van der Waals surface area (Å²) in [6.45, 7) is 5.32. The van der Waals surface area contributed by atoms with Gasteiger partial charge in [0.05, 0.1) is 13.2 Å². The van der Waals surface area contributed by atoms with E-state index in [4.69, 9.17) is 9.47 Å². The third kappa shape index (κ3) is 2.96. The molecular weight excluding hydrogens is 226 g/mol. The van der Waals surface area contributed by atoms with Gasteiger partial charge in [0, 0.05) is 6.04 Å². The molecule has 0 aliphatic heterocycles. The van der Waals surface area contributed by atoms with Crippen LogP contribution in [0.4, 0.5) is 0 Å². The lowest BCUT2D eigenvalue weighted by Gasteiger charge is -2.18. The van der Waals surface area contributed by atoms with Gasteiger partial charge in [-0.2, -0.15) is 0 Å². The van der Waals surface area contributed by atoms with Crippen LogP contribution in [0.2, 0.25) is 0 Å². The van der Waals surface area contributed by atoms with Gasteiger partial charge < -0.3 is 14.8 Å². The molecule has 1 aromatic carbocycles. The third-order valence-corrected chi connectivity index (χ3v) is 3.33. The van der Waals surface area contributed by atoms with E-state index >= 15 is 0 Å². The third-order valence-electron chi connectivity index (χ3n) is 3.33. The highest BCUT2D eigenvalue weighted by Gasteiger charge is 2.31. The zero-order valence-corrected chi connectivity index (χ0v) is 11.5. The average molecular weight is 249 g/mol. The Morgan fingerprint density at radius 2 is 1.83 bits per heavy atom. The second-order valence-corrected chi connectivity index (χ2v) is 4.68. The number of rotatable bonds is 7. The summed E-state index contributed by atoms with van der Waals surface area (Å²) in [5.74, 6) is 2.48. The minimum absolute atomic E-state index is 0.444. The lowest BCUT2D eigenvalue weighted by atomic mass is 10.0. The molecule has 1 saturated carbocycles. The molecule has 3 nitrogen and oxygen atoms in total. The fourth-order valence-corrected chi connectivity index (χ4v) is 2.37. The first-order valence-electron chi connectivity index (χ1n) is 6.87. The van der Waals surface area contributed by atoms with Gasteiger partial charge in [0.15, 0.2) is 11.5 Å². The van der Waals surface area contributed by atoms with Crippen molar-refractivity contribution in [2.24, 2.45) is 5.92 Å². The van der Waals surface area contributed by atoms with E-state index in [0.29, 0.717) is 19.3 Å². The van der Waals surface area contributed by atoms with Crippen LogP contribution < -0.4 is 14.8 Å². The molecule has 0 amide bonds. The lowest BCUT2D eigenvalue weighted by Crippen LogP contribution is -2.18. The second kappa shape index (κ2) is 6.10. The van der Waals surface area contributed by atoms with Crippen LogP contribution in [0, 0.1) is 5.92 Å². The lowest BCUT2D eigenvalue weighted by molar-refractivity contribution is 0.287. The number of nitrogens with one attached hydrogen (secondary N) is 1. The van der Waals surface area contributed by atoms with Crippen LogP contribution in [0.25, 0.3) is 0 Å². The first-order chi connectivity index (χ1) is 8.80.